The number of anilines is 1. The van der Waals surface area contributed by atoms with Crippen molar-refractivity contribution in [1.29, 1.82) is 0 Å². The molecule has 1 unspecified atom stereocenters. The lowest BCUT2D eigenvalue weighted by Gasteiger charge is -2.20. The summed E-state index contributed by atoms with van der Waals surface area (Å²) in [6.45, 7) is 4.48. The van der Waals surface area contributed by atoms with Gasteiger partial charge in [0.15, 0.2) is 0 Å². The van der Waals surface area contributed by atoms with Crippen molar-refractivity contribution < 1.29 is 19.1 Å². The van der Waals surface area contributed by atoms with Crippen LogP contribution in [0.1, 0.15) is 27.8 Å². The van der Waals surface area contributed by atoms with E-state index < -0.39 is 12.1 Å². The highest BCUT2D eigenvalue weighted by atomic mass is 16.5. The van der Waals surface area contributed by atoms with Crippen LogP contribution in [0.5, 0.6) is 5.75 Å². The van der Waals surface area contributed by atoms with Crippen LogP contribution in [-0.2, 0) is 29.2 Å². The van der Waals surface area contributed by atoms with E-state index in [4.69, 9.17) is 9.47 Å². The van der Waals surface area contributed by atoms with Crippen molar-refractivity contribution in [2.24, 2.45) is 0 Å². The van der Waals surface area contributed by atoms with Crippen molar-refractivity contribution in [3.05, 3.63) is 131 Å². The molecule has 0 radical (unpaired) electrons. The molecule has 1 atom stereocenters. The molecule has 0 fully saturated rings. The predicted octanol–water partition coefficient (Wildman–Crippen LogP) is 6.36. The Morgan fingerprint density at radius 3 is 2.03 bits per heavy atom. The first-order chi connectivity index (χ1) is 18.5. The van der Waals surface area contributed by atoms with Gasteiger partial charge in [-0.3, -0.25) is 4.79 Å². The molecule has 0 heterocycles. The average molecular weight is 509 g/mol. The molecular formula is C32H32N2O4. The van der Waals surface area contributed by atoms with Gasteiger partial charge >= 0.3 is 6.09 Å². The van der Waals surface area contributed by atoms with E-state index in [9.17, 15) is 9.59 Å². The van der Waals surface area contributed by atoms with E-state index in [-0.39, 0.29) is 18.9 Å². The number of rotatable bonds is 10. The van der Waals surface area contributed by atoms with Gasteiger partial charge in [0, 0.05) is 12.1 Å². The van der Waals surface area contributed by atoms with Gasteiger partial charge in [-0.2, -0.15) is 0 Å². The molecule has 4 aromatic rings. The van der Waals surface area contributed by atoms with E-state index in [1.807, 2.05) is 117 Å². The summed E-state index contributed by atoms with van der Waals surface area (Å²) < 4.78 is 11.3. The molecule has 0 bridgehead atoms. The summed E-state index contributed by atoms with van der Waals surface area (Å²) >= 11 is 0. The van der Waals surface area contributed by atoms with Gasteiger partial charge in [0.05, 0.1) is 0 Å². The van der Waals surface area contributed by atoms with Gasteiger partial charge in [0.25, 0.3) is 0 Å². The smallest absolute Gasteiger partial charge is 0.408 e. The van der Waals surface area contributed by atoms with Crippen LogP contribution in [0, 0.1) is 13.8 Å². The number of hydrogen-bond donors (Lipinski definition) is 2. The first kappa shape index (κ1) is 26.5. The van der Waals surface area contributed by atoms with Gasteiger partial charge in [-0.15, -0.1) is 0 Å². The number of amides is 2. The highest BCUT2D eigenvalue weighted by molar-refractivity contribution is 5.97. The molecule has 0 aromatic heterocycles. The minimum atomic E-state index is -0.839. The Morgan fingerprint density at radius 2 is 1.37 bits per heavy atom. The maximum absolute atomic E-state index is 13.3. The molecule has 0 saturated heterocycles. The number of nitrogens with one attached hydrogen (secondary N) is 2. The van der Waals surface area contributed by atoms with E-state index in [0.717, 1.165) is 33.6 Å². The van der Waals surface area contributed by atoms with Gasteiger partial charge in [0.2, 0.25) is 5.91 Å². The third-order valence-electron chi connectivity index (χ3n) is 6.08. The summed E-state index contributed by atoms with van der Waals surface area (Å²) in [6, 6.07) is 31.9. The number of carbonyl (C=O) groups is 2. The number of carbonyl (C=O) groups excluding carboxylic acids is 2. The number of alkyl carbamates (subject to hydrolysis) is 1. The maximum Gasteiger partial charge on any atom is 0.408 e. The van der Waals surface area contributed by atoms with Crippen LogP contribution in [0.2, 0.25) is 0 Å². The van der Waals surface area contributed by atoms with Gasteiger partial charge in [0.1, 0.15) is 25.0 Å². The molecule has 38 heavy (non-hydrogen) atoms. The molecule has 0 aliphatic carbocycles. The Kier molecular flexibility index (Phi) is 9.13. The largest absolute Gasteiger partial charge is 0.489 e. The fourth-order valence-electron chi connectivity index (χ4n) is 3.91. The molecule has 4 aromatic carbocycles. The zero-order chi connectivity index (χ0) is 26.7. The quantitative estimate of drug-likeness (QED) is 0.261. The third-order valence-corrected chi connectivity index (χ3v) is 6.08. The highest BCUT2D eigenvalue weighted by Crippen LogP contribution is 2.19. The Hall–Kier alpha value is -4.58. The van der Waals surface area contributed by atoms with Crippen molar-refractivity contribution in [3.8, 4) is 5.75 Å². The van der Waals surface area contributed by atoms with Crippen molar-refractivity contribution in [1.82, 2.24) is 5.32 Å². The monoisotopic (exact) mass is 508 g/mol. The molecule has 0 saturated carbocycles. The lowest BCUT2D eigenvalue weighted by molar-refractivity contribution is -0.118. The average Bonchev–Trinajstić information content (AvgIpc) is 2.94. The zero-order valence-corrected chi connectivity index (χ0v) is 21.6. The Balaban J connectivity index is 1.42. The zero-order valence-electron chi connectivity index (χ0n) is 21.6. The first-order valence-corrected chi connectivity index (χ1v) is 12.6. The van der Waals surface area contributed by atoms with Crippen molar-refractivity contribution in [2.45, 2.75) is 39.5 Å². The van der Waals surface area contributed by atoms with Crippen LogP contribution >= 0.6 is 0 Å². The molecule has 194 valence electrons. The standard InChI is InChI=1S/C32H32N2O4/c1-23-13-14-24(2)29(19-23)33-31(35)30(34-32(36)38-22-27-11-7-4-8-12-27)20-25-15-17-28(18-16-25)37-21-26-9-5-3-6-10-26/h3-19,30H,20-22H2,1-2H3,(H,33,35)(H,34,36). The van der Waals surface area contributed by atoms with Gasteiger partial charge in [-0.05, 0) is 59.9 Å². The summed E-state index contributed by atoms with van der Waals surface area (Å²) in [5.41, 5.74) is 5.51. The summed E-state index contributed by atoms with van der Waals surface area (Å²) in [7, 11) is 0. The molecule has 6 heteroatoms. The van der Waals surface area contributed by atoms with Crippen LogP contribution in [0.3, 0.4) is 0 Å². The molecule has 4 rings (SSSR count). The van der Waals surface area contributed by atoms with E-state index in [2.05, 4.69) is 10.6 Å². The summed E-state index contributed by atoms with van der Waals surface area (Å²) in [4.78, 5) is 25.9. The number of benzene rings is 4. The Morgan fingerprint density at radius 1 is 0.737 bits per heavy atom. The molecule has 6 nitrogen and oxygen atoms in total. The minimum Gasteiger partial charge on any atom is -0.489 e. The normalized spacial score (nSPS) is 11.3. The van der Waals surface area contributed by atoms with Crippen LogP contribution < -0.4 is 15.4 Å². The molecule has 0 aliphatic heterocycles. The number of hydrogen-bond acceptors (Lipinski definition) is 4. The number of ether oxygens (including phenoxy) is 2. The molecule has 2 N–H and O–H groups in total. The van der Waals surface area contributed by atoms with E-state index in [1.54, 1.807) is 0 Å². The Labute approximate surface area is 223 Å². The highest BCUT2D eigenvalue weighted by Gasteiger charge is 2.23. The van der Waals surface area contributed by atoms with Crippen molar-refractivity contribution in [2.75, 3.05) is 5.32 Å². The number of aryl methyl sites for hydroxylation is 2. The molecule has 0 aliphatic rings. The van der Waals surface area contributed by atoms with Crippen molar-refractivity contribution in [3.63, 3.8) is 0 Å². The predicted molar refractivity (Wildman–Crippen MR) is 149 cm³/mol. The first-order valence-electron chi connectivity index (χ1n) is 12.6. The van der Waals surface area contributed by atoms with Gasteiger partial charge < -0.3 is 20.1 Å². The van der Waals surface area contributed by atoms with Crippen molar-refractivity contribution >= 4 is 17.7 Å². The van der Waals surface area contributed by atoms with E-state index in [1.165, 1.54) is 0 Å². The second kappa shape index (κ2) is 13.1. The van der Waals surface area contributed by atoms with Gasteiger partial charge in [-0.1, -0.05) is 84.9 Å². The van der Waals surface area contributed by atoms with E-state index in [0.29, 0.717) is 12.3 Å². The summed E-state index contributed by atoms with van der Waals surface area (Å²) in [6.07, 6.45) is -0.367. The lowest BCUT2D eigenvalue weighted by atomic mass is 10.0. The lowest BCUT2D eigenvalue weighted by Crippen LogP contribution is -2.45. The Bertz CT molecular complexity index is 1340. The van der Waals surface area contributed by atoms with Crippen LogP contribution in [0.25, 0.3) is 0 Å². The van der Waals surface area contributed by atoms with Gasteiger partial charge in [-0.25, -0.2) is 4.79 Å². The molecule has 0 spiro atoms. The third kappa shape index (κ3) is 7.96. The molecule has 2 amide bonds. The molecular weight excluding hydrogens is 476 g/mol. The maximum atomic E-state index is 13.3. The second-order valence-electron chi connectivity index (χ2n) is 9.19. The SMILES string of the molecule is Cc1ccc(C)c(NC(=O)C(Cc2ccc(OCc3ccccc3)cc2)NC(=O)OCc2ccccc2)c1. The summed E-state index contributed by atoms with van der Waals surface area (Å²) in [5, 5.41) is 5.71. The van der Waals surface area contributed by atoms with Crippen LogP contribution in [0.15, 0.2) is 103 Å². The fraction of sp³-hybridized carbons (Fsp3) is 0.188. The summed E-state index contributed by atoms with van der Waals surface area (Å²) in [5.74, 6) is 0.406. The van der Waals surface area contributed by atoms with E-state index >= 15 is 0 Å². The second-order valence-corrected chi connectivity index (χ2v) is 9.19. The fourth-order valence-corrected chi connectivity index (χ4v) is 3.91. The van der Waals surface area contributed by atoms with Crippen LogP contribution in [-0.4, -0.2) is 18.0 Å². The van der Waals surface area contributed by atoms with Crippen LogP contribution in [0.4, 0.5) is 10.5 Å². The minimum absolute atomic E-state index is 0.117. The topological polar surface area (TPSA) is 76.7 Å².